The van der Waals surface area contributed by atoms with Crippen molar-refractivity contribution in [2.45, 2.75) is 65.9 Å². The van der Waals surface area contributed by atoms with Crippen molar-refractivity contribution in [1.29, 1.82) is 0 Å². The molecule has 2 N–H and O–H groups in total. The molecule has 0 rings (SSSR count). The highest BCUT2D eigenvalue weighted by atomic mass is 16.5. The Balaban J connectivity index is 3.32. The summed E-state index contributed by atoms with van der Waals surface area (Å²) in [6.07, 6.45) is 6.41. The van der Waals surface area contributed by atoms with E-state index in [1.54, 1.807) is 0 Å². The normalized spacial score (nSPS) is 14.2. The molecule has 92 valence electrons. The first kappa shape index (κ1) is 14.9. The van der Waals surface area contributed by atoms with Crippen molar-refractivity contribution < 1.29 is 4.74 Å². The standard InChI is InChI=1S/C13H29NO/c1-5-8-12(2)15-10-7-6-9-13(3,4)11-14/h12H,5-11,14H2,1-4H3. The smallest absolute Gasteiger partial charge is 0.0546 e. The second kappa shape index (κ2) is 8.12. The minimum atomic E-state index is 0.301. The highest BCUT2D eigenvalue weighted by molar-refractivity contribution is 4.68. The molecule has 2 nitrogen and oxygen atoms in total. The van der Waals surface area contributed by atoms with Crippen molar-refractivity contribution in [2.24, 2.45) is 11.1 Å². The highest BCUT2D eigenvalue weighted by Gasteiger charge is 2.14. The van der Waals surface area contributed by atoms with Gasteiger partial charge in [-0.1, -0.05) is 33.6 Å². The van der Waals surface area contributed by atoms with Gasteiger partial charge in [0.25, 0.3) is 0 Å². The zero-order valence-electron chi connectivity index (χ0n) is 11.0. The van der Waals surface area contributed by atoms with E-state index in [9.17, 15) is 0 Å². The second-order valence-corrected chi connectivity index (χ2v) is 5.30. The van der Waals surface area contributed by atoms with Crippen molar-refractivity contribution in [2.75, 3.05) is 13.2 Å². The summed E-state index contributed by atoms with van der Waals surface area (Å²) in [6, 6.07) is 0. The highest BCUT2D eigenvalue weighted by Crippen LogP contribution is 2.21. The first-order chi connectivity index (χ1) is 7.02. The van der Waals surface area contributed by atoms with E-state index in [4.69, 9.17) is 10.5 Å². The van der Waals surface area contributed by atoms with Crippen LogP contribution in [0.25, 0.3) is 0 Å². The summed E-state index contributed by atoms with van der Waals surface area (Å²) in [5.74, 6) is 0. The molecule has 0 aliphatic carbocycles. The minimum Gasteiger partial charge on any atom is -0.379 e. The fraction of sp³-hybridized carbons (Fsp3) is 1.00. The Morgan fingerprint density at radius 3 is 2.47 bits per heavy atom. The molecule has 0 aromatic heterocycles. The Bertz CT molecular complexity index is 145. The van der Waals surface area contributed by atoms with Crippen molar-refractivity contribution >= 4 is 0 Å². The molecule has 0 aliphatic heterocycles. The largest absolute Gasteiger partial charge is 0.379 e. The van der Waals surface area contributed by atoms with Gasteiger partial charge < -0.3 is 10.5 Å². The zero-order chi connectivity index (χ0) is 11.7. The van der Waals surface area contributed by atoms with Crippen LogP contribution in [0.3, 0.4) is 0 Å². The molecule has 0 radical (unpaired) electrons. The maximum atomic E-state index is 5.70. The van der Waals surface area contributed by atoms with Crippen molar-refractivity contribution in [3.63, 3.8) is 0 Å². The van der Waals surface area contributed by atoms with Crippen LogP contribution in [0.4, 0.5) is 0 Å². The van der Waals surface area contributed by atoms with Crippen molar-refractivity contribution in [1.82, 2.24) is 0 Å². The lowest BCUT2D eigenvalue weighted by atomic mass is 9.87. The number of nitrogens with two attached hydrogens (primary N) is 1. The molecule has 0 saturated heterocycles. The van der Waals surface area contributed by atoms with Crippen LogP contribution in [0.5, 0.6) is 0 Å². The number of rotatable bonds is 9. The first-order valence-corrected chi connectivity index (χ1v) is 6.33. The molecule has 0 aliphatic rings. The van der Waals surface area contributed by atoms with Crippen LogP contribution in [-0.2, 0) is 4.74 Å². The summed E-state index contributed by atoms with van der Waals surface area (Å²) >= 11 is 0. The fourth-order valence-electron chi connectivity index (χ4n) is 1.58. The van der Waals surface area contributed by atoms with E-state index < -0.39 is 0 Å². The zero-order valence-corrected chi connectivity index (χ0v) is 11.0. The average molecular weight is 215 g/mol. The third-order valence-electron chi connectivity index (χ3n) is 2.90. The second-order valence-electron chi connectivity index (χ2n) is 5.30. The van der Waals surface area contributed by atoms with Crippen LogP contribution < -0.4 is 5.73 Å². The summed E-state index contributed by atoms with van der Waals surface area (Å²) in [7, 11) is 0. The van der Waals surface area contributed by atoms with Crippen LogP contribution in [-0.4, -0.2) is 19.3 Å². The predicted molar refractivity (Wildman–Crippen MR) is 67.0 cm³/mol. The Morgan fingerprint density at radius 2 is 1.93 bits per heavy atom. The van der Waals surface area contributed by atoms with Gasteiger partial charge in [-0.15, -0.1) is 0 Å². The molecule has 1 unspecified atom stereocenters. The Hall–Kier alpha value is -0.0800. The van der Waals surface area contributed by atoms with Gasteiger partial charge in [0.15, 0.2) is 0 Å². The molecule has 0 bridgehead atoms. The molecule has 0 aromatic rings. The number of unbranched alkanes of at least 4 members (excludes halogenated alkanes) is 1. The van der Waals surface area contributed by atoms with Gasteiger partial charge in [0.1, 0.15) is 0 Å². The monoisotopic (exact) mass is 215 g/mol. The lowest BCUT2D eigenvalue weighted by Gasteiger charge is -2.22. The van der Waals surface area contributed by atoms with E-state index in [1.165, 1.54) is 25.7 Å². The molecule has 2 heteroatoms. The van der Waals surface area contributed by atoms with Crippen molar-refractivity contribution in [3.05, 3.63) is 0 Å². The van der Waals surface area contributed by atoms with Gasteiger partial charge in [-0.2, -0.15) is 0 Å². The van der Waals surface area contributed by atoms with Gasteiger partial charge in [0.2, 0.25) is 0 Å². The summed E-state index contributed by atoms with van der Waals surface area (Å²) in [6.45, 7) is 10.5. The van der Waals surface area contributed by atoms with Gasteiger partial charge in [-0.25, -0.2) is 0 Å². The molecule has 0 amide bonds. The lowest BCUT2D eigenvalue weighted by Crippen LogP contribution is -2.23. The Kier molecular flexibility index (Phi) is 8.07. The van der Waals surface area contributed by atoms with Crippen LogP contribution in [0, 0.1) is 5.41 Å². The Labute approximate surface area is 95.6 Å². The minimum absolute atomic E-state index is 0.301. The summed E-state index contributed by atoms with van der Waals surface area (Å²) in [4.78, 5) is 0. The average Bonchev–Trinajstić information content (AvgIpc) is 2.17. The number of ether oxygens (including phenoxy) is 1. The van der Waals surface area contributed by atoms with E-state index in [0.29, 0.717) is 11.5 Å². The van der Waals surface area contributed by atoms with E-state index in [1.807, 2.05) is 0 Å². The molecule has 15 heavy (non-hydrogen) atoms. The molecule has 0 fully saturated rings. The van der Waals surface area contributed by atoms with E-state index in [-0.39, 0.29) is 0 Å². The van der Waals surface area contributed by atoms with E-state index in [2.05, 4.69) is 27.7 Å². The fourth-order valence-corrected chi connectivity index (χ4v) is 1.58. The predicted octanol–water partition coefficient (Wildman–Crippen LogP) is 3.35. The van der Waals surface area contributed by atoms with Crippen LogP contribution in [0.15, 0.2) is 0 Å². The van der Waals surface area contributed by atoms with Gasteiger partial charge in [0.05, 0.1) is 6.10 Å². The van der Waals surface area contributed by atoms with Gasteiger partial charge in [-0.05, 0) is 38.1 Å². The Morgan fingerprint density at radius 1 is 1.27 bits per heavy atom. The maximum absolute atomic E-state index is 5.70. The number of hydrogen-bond acceptors (Lipinski definition) is 2. The SMILES string of the molecule is CCCC(C)OCCCCC(C)(C)CN. The van der Waals surface area contributed by atoms with Crippen LogP contribution in [0.2, 0.25) is 0 Å². The van der Waals surface area contributed by atoms with E-state index >= 15 is 0 Å². The third-order valence-corrected chi connectivity index (χ3v) is 2.90. The quantitative estimate of drug-likeness (QED) is 0.599. The molecular weight excluding hydrogens is 186 g/mol. The van der Waals surface area contributed by atoms with Crippen molar-refractivity contribution in [3.8, 4) is 0 Å². The topological polar surface area (TPSA) is 35.2 Å². The molecule has 0 spiro atoms. The summed E-state index contributed by atoms with van der Waals surface area (Å²) < 4.78 is 5.70. The maximum Gasteiger partial charge on any atom is 0.0546 e. The van der Waals surface area contributed by atoms with Gasteiger partial charge in [-0.3, -0.25) is 0 Å². The lowest BCUT2D eigenvalue weighted by molar-refractivity contribution is 0.0559. The molecule has 0 saturated carbocycles. The summed E-state index contributed by atoms with van der Waals surface area (Å²) in [5, 5.41) is 0. The van der Waals surface area contributed by atoms with Crippen LogP contribution in [0.1, 0.15) is 59.8 Å². The summed E-state index contributed by atoms with van der Waals surface area (Å²) in [5.41, 5.74) is 5.98. The molecule has 0 aromatic carbocycles. The van der Waals surface area contributed by atoms with E-state index in [0.717, 1.165) is 19.6 Å². The molecule has 0 heterocycles. The first-order valence-electron chi connectivity index (χ1n) is 6.33. The molecular formula is C13H29NO. The third kappa shape index (κ3) is 8.88. The number of hydrogen-bond donors (Lipinski definition) is 1. The van der Waals surface area contributed by atoms with Crippen LogP contribution >= 0.6 is 0 Å². The molecule has 1 atom stereocenters. The van der Waals surface area contributed by atoms with Gasteiger partial charge in [0, 0.05) is 6.61 Å². The van der Waals surface area contributed by atoms with Gasteiger partial charge >= 0.3 is 0 Å².